The van der Waals surface area contributed by atoms with E-state index in [0.29, 0.717) is 6.92 Å². The van der Waals surface area contributed by atoms with Gasteiger partial charge in [-0.05, 0) is 19.9 Å². The number of methoxy groups -OCH3 is 1. The summed E-state index contributed by atoms with van der Waals surface area (Å²) in [4.78, 5) is 28.9. The van der Waals surface area contributed by atoms with Gasteiger partial charge in [-0.2, -0.15) is 31.4 Å². The molecule has 0 bridgehead atoms. The first kappa shape index (κ1) is 30.3. The Hall–Kier alpha value is -3.28. The molecule has 2 aromatic rings. The predicted octanol–water partition coefficient (Wildman–Crippen LogP) is 3.15. The second-order valence-electron chi connectivity index (χ2n) is 8.85. The van der Waals surface area contributed by atoms with Gasteiger partial charge in [0.05, 0.1) is 56.0 Å². The lowest BCUT2D eigenvalue weighted by molar-refractivity contribution is -0.228. The van der Waals surface area contributed by atoms with Crippen molar-refractivity contribution in [2.45, 2.75) is 56.4 Å². The molecule has 1 aliphatic heterocycles. The highest BCUT2D eigenvalue weighted by Gasteiger charge is 2.44. The molecule has 3 heterocycles. The van der Waals surface area contributed by atoms with Crippen LogP contribution in [0.25, 0.3) is 5.65 Å². The largest absolute Gasteiger partial charge is 0.471 e. The number of rotatable bonds is 9. The van der Waals surface area contributed by atoms with Gasteiger partial charge in [0.25, 0.3) is 5.92 Å². The van der Waals surface area contributed by atoms with Crippen LogP contribution in [0.4, 0.5) is 39.9 Å². The summed E-state index contributed by atoms with van der Waals surface area (Å²) in [7, 11) is 1.27. The van der Waals surface area contributed by atoms with E-state index in [-0.39, 0.29) is 23.5 Å². The van der Waals surface area contributed by atoms with Gasteiger partial charge in [-0.25, -0.2) is 23.1 Å². The fraction of sp³-hybridized carbons (Fsp3) is 0.619. The van der Waals surface area contributed by atoms with Crippen LogP contribution in [0.1, 0.15) is 37.2 Å². The smallest absolute Gasteiger partial charge is 0.382 e. The van der Waals surface area contributed by atoms with E-state index in [1.54, 1.807) is 5.32 Å². The Morgan fingerprint density at radius 2 is 1.90 bits per heavy atom. The van der Waals surface area contributed by atoms with Crippen LogP contribution in [0.2, 0.25) is 0 Å². The lowest BCUT2D eigenvalue weighted by atomic mass is 10.1. The van der Waals surface area contributed by atoms with Crippen molar-refractivity contribution in [2.24, 2.45) is 0 Å². The molecule has 0 radical (unpaired) electrons. The lowest BCUT2D eigenvalue weighted by Crippen LogP contribution is -2.58. The number of nitrogens with one attached hydrogen (secondary N) is 2. The van der Waals surface area contributed by atoms with Crippen molar-refractivity contribution < 1.29 is 54.2 Å². The number of amides is 3. The molecule has 2 aromatic heterocycles. The lowest BCUT2D eigenvalue weighted by Gasteiger charge is -2.38. The molecule has 0 spiro atoms. The van der Waals surface area contributed by atoms with Crippen molar-refractivity contribution in [3.05, 3.63) is 29.7 Å². The molecular formula is C21H24F8N6O4. The van der Waals surface area contributed by atoms with Crippen molar-refractivity contribution in [3.8, 4) is 0 Å². The van der Waals surface area contributed by atoms with E-state index in [1.807, 2.05) is 0 Å². The Morgan fingerprint density at radius 3 is 2.49 bits per heavy atom. The minimum atomic E-state index is -5.36. The fourth-order valence-electron chi connectivity index (χ4n) is 3.83. The van der Waals surface area contributed by atoms with Crippen molar-refractivity contribution >= 4 is 17.6 Å². The minimum absolute atomic E-state index is 0.0740. The first-order valence-corrected chi connectivity index (χ1v) is 11.3. The SMILES string of the molecule is COC[C@H](c1cnn2cc([C@@H](NC(=O)C(F)(F)F)[C@@H](C)O[C@H](C)C(F)(F)F)nc2c1)N1CC(F)(F)CNC1=O. The summed E-state index contributed by atoms with van der Waals surface area (Å²) >= 11 is 0. The van der Waals surface area contributed by atoms with Gasteiger partial charge in [-0.1, -0.05) is 0 Å². The van der Waals surface area contributed by atoms with Crippen LogP contribution in [-0.2, 0) is 14.3 Å². The van der Waals surface area contributed by atoms with Gasteiger partial charge in [0, 0.05) is 12.7 Å². The first-order valence-electron chi connectivity index (χ1n) is 11.3. The number of hydrogen-bond donors (Lipinski definition) is 2. The summed E-state index contributed by atoms with van der Waals surface area (Å²) in [6.45, 7) is -0.362. The van der Waals surface area contributed by atoms with Gasteiger partial charge >= 0.3 is 24.3 Å². The molecule has 10 nitrogen and oxygen atoms in total. The molecule has 1 aliphatic rings. The molecule has 0 unspecified atom stereocenters. The molecule has 39 heavy (non-hydrogen) atoms. The summed E-state index contributed by atoms with van der Waals surface area (Å²) in [5.41, 5.74) is -0.236. The molecule has 1 saturated heterocycles. The molecule has 218 valence electrons. The molecule has 18 heteroatoms. The van der Waals surface area contributed by atoms with Crippen LogP contribution in [0.15, 0.2) is 18.5 Å². The molecular weight excluding hydrogens is 552 g/mol. The Kier molecular flexibility index (Phi) is 8.59. The standard InChI is InChI=1S/C21H24F8N6O4/c1-10(39-11(2)20(24,25)26)16(33-17(36)21(27,28)29)13-6-35-15(32-13)4-12(5-31-35)14(7-38-3)34-9-19(22,23)8-30-18(34)37/h4-6,10-11,14,16H,7-9H2,1-3H3,(H,30,37)(H,33,36)/t10-,11-,14-,16+/m1/s1. The van der Waals surface area contributed by atoms with E-state index in [2.05, 4.69) is 15.4 Å². The van der Waals surface area contributed by atoms with Gasteiger partial charge < -0.3 is 25.0 Å². The second-order valence-corrected chi connectivity index (χ2v) is 8.85. The fourth-order valence-corrected chi connectivity index (χ4v) is 3.83. The van der Waals surface area contributed by atoms with E-state index in [4.69, 9.17) is 9.47 Å². The van der Waals surface area contributed by atoms with Crippen LogP contribution in [-0.4, -0.2) is 88.7 Å². The van der Waals surface area contributed by atoms with Crippen molar-refractivity contribution in [1.29, 1.82) is 0 Å². The number of urea groups is 1. The quantitative estimate of drug-likeness (QED) is 0.444. The van der Waals surface area contributed by atoms with Gasteiger partial charge in [0.15, 0.2) is 11.8 Å². The van der Waals surface area contributed by atoms with Crippen molar-refractivity contribution in [2.75, 3.05) is 26.8 Å². The van der Waals surface area contributed by atoms with Crippen LogP contribution < -0.4 is 10.6 Å². The monoisotopic (exact) mass is 576 g/mol. The Morgan fingerprint density at radius 1 is 1.23 bits per heavy atom. The van der Waals surface area contributed by atoms with Crippen molar-refractivity contribution in [1.82, 2.24) is 30.1 Å². The molecule has 3 rings (SSSR count). The molecule has 0 aromatic carbocycles. The number of hydrogen-bond acceptors (Lipinski definition) is 6. The second kappa shape index (κ2) is 11.1. The van der Waals surface area contributed by atoms with E-state index < -0.39 is 67.6 Å². The topological polar surface area (TPSA) is 110 Å². The normalized spacial score (nSPS) is 19.4. The number of alkyl halides is 8. The highest BCUT2D eigenvalue weighted by Crippen LogP contribution is 2.31. The summed E-state index contributed by atoms with van der Waals surface area (Å²) < 4.78 is 117. The third kappa shape index (κ3) is 7.23. The molecule has 1 fully saturated rings. The van der Waals surface area contributed by atoms with Gasteiger partial charge in [0.2, 0.25) is 0 Å². The molecule has 0 aliphatic carbocycles. The van der Waals surface area contributed by atoms with E-state index in [9.17, 15) is 44.7 Å². The van der Waals surface area contributed by atoms with Crippen LogP contribution >= 0.6 is 0 Å². The first-order chi connectivity index (χ1) is 17.9. The van der Waals surface area contributed by atoms with E-state index in [0.717, 1.165) is 22.5 Å². The zero-order valence-electron chi connectivity index (χ0n) is 20.6. The summed E-state index contributed by atoms with van der Waals surface area (Å²) in [6.07, 6.45) is -12.0. The number of halogens is 8. The maximum atomic E-state index is 14.0. The number of nitrogens with zero attached hydrogens (tertiary/aromatic N) is 4. The van der Waals surface area contributed by atoms with Crippen molar-refractivity contribution in [3.63, 3.8) is 0 Å². The predicted molar refractivity (Wildman–Crippen MR) is 116 cm³/mol. The Labute approximate surface area is 215 Å². The molecule has 4 atom stereocenters. The average Bonchev–Trinajstić information content (AvgIpc) is 3.24. The molecule has 0 saturated carbocycles. The third-order valence-electron chi connectivity index (χ3n) is 5.82. The van der Waals surface area contributed by atoms with Crippen LogP contribution in [0, 0.1) is 0 Å². The highest BCUT2D eigenvalue weighted by atomic mass is 19.4. The molecule has 3 amide bonds. The number of carbonyl (C=O) groups is 2. The highest BCUT2D eigenvalue weighted by molar-refractivity contribution is 5.82. The summed E-state index contributed by atoms with van der Waals surface area (Å²) in [5.74, 6) is -5.68. The zero-order chi connectivity index (χ0) is 29.3. The number of aromatic nitrogens is 3. The van der Waals surface area contributed by atoms with Crippen LogP contribution in [0.3, 0.4) is 0 Å². The average molecular weight is 576 g/mol. The maximum Gasteiger partial charge on any atom is 0.471 e. The minimum Gasteiger partial charge on any atom is -0.382 e. The summed E-state index contributed by atoms with van der Waals surface area (Å²) in [6, 6.07) is -2.39. The summed E-state index contributed by atoms with van der Waals surface area (Å²) in [5, 5.41) is 7.69. The third-order valence-corrected chi connectivity index (χ3v) is 5.82. The zero-order valence-corrected chi connectivity index (χ0v) is 20.6. The van der Waals surface area contributed by atoms with E-state index >= 15 is 0 Å². The Balaban J connectivity index is 1.98. The van der Waals surface area contributed by atoms with Gasteiger partial charge in [0.1, 0.15) is 0 Å². The van der Waals surface area contributed by atoms with Crippen LogP contribution in [0.5, 0.6) is 0 Å². The number of carbonyl (C=O) groups excluding carboxylic acids is 2. The van der Waals surface area contributed by atoms with E-state index in [1.165, 1.54) is 19.4 Å². The maximum absolute atomic E-state index is 14.0. The van der Waals surface area contributed by atoms with Gasteiger partial charge in [-0.3, -0.25) is 4.79 Å². The number of imidazole rings is 1. The number of ether oxygens (including phenoxy) is 2. The van der Waals surface area contributed by atoms with Gasteiger partial charge in [-0.15, -0.1) is 0 Å². The number of fused-ring (bicyclic) bond motifs is 1. The molecule has 2 N–H and O–H groups in total. The Bertz CT molecular complexity index is 1190.